The zero-order valence-electron chi connectivity index (χ0n) is 10.6. The van der Waals surface area contributed by atoms with Crippen LogP contribution in [0.15, 0.2) is 29.2 Å². The Morgan fingerprint density at radius 2 is 1.85 bits per heavy atom. The molecule has 1 aromatic rings. The van der Waals surface area contributed by atoms with Crippen LogP contribution >= 0.6 is 11.6 Å². The molecule has 2 rings (SSSR count). The zero-order valence-corrected chi connectivity index (χ0v) is 13.0. The molecule has 0 radical (unpaired) electrons. The van der Waals surface area contributed by atoms with E-state index in [4.69, 9.17) is 16.3 Å². The Bertz CT molecular complexity index is 684. The van der Waals surface area contributed by atoms with Crippen LogP contribution in [0.1, 0.15) is 0 Å². The van der Waals surface area contributed by atoms with Crippen LogP contribution in [-0.2, 0) is 19.9 Å². The SMILES string of the molecule is COc1ccc(S(=O)(=O)NC2CS(=O)(=O)CC2Cl)cc1. The van der Waals surface area contributed by atoms with Crippen LogP contribution < -0.4 is 9.46 Å². The number of alkyl halides is 1. The molecule has 0 aliphatic carbocycles. The number of benzene rings is 1. The monoisotopic (exact) mass is 339 g/mol. The molecule has 1 aliphatic rings. The van der Waals surface area contributed by atoms with E-state index in [1.807, 2.05) is 0 Å². The molecule has 1 saturated heterocycles. The number of hydrogen-bond donors (Lipinski definition) is 1. The van der Waals surface area contributed by atoms with Gasteiger partial charge in [-0.2, -0.15) is 0 Å². The van der Waals surface area contributed by atoms with Gasteiger partial charge in [-0.1, -0.05) is 0 Å². The molecular formula is C11H14ClNO5S2. The van der Waals surface area contributed by atoms with E-state index in [0.29, 0.717) is 5.75 Å². The predicted molar refractivity (Wildman–Crippen MR) is 75.4 cm³/mol. The van der Waals surface area contributed by atoms with E-state index in [1.165, 1.54) is 31.4 Å². The van der Waals surface area contributed by atoms with Gasteiger partial charge < -0.3 is 4.74 Å². The summed E-state index contributed by atoms with van der Waals surface area (Å²) in [6.07, 6.45) is 0. The smallest absolute Gasteiger partial charge is 0.240 e. The van der Waals surface area contributed by atoms with Crippen molar-refractivity contribution in [3.05, 3.63) is 24.3 Å². The van der Waals surface area contributed by atoms with Gasteiger partial charge in [-0.05, 0) is 24.3 Å². The maximum absolute atomic E-state index is 12.1. The van der Waals surface area contributed by atoms with Crippen molar-refractivity contribution >= 4 is 31.5 Å². The minimum absolute atomic E-state index is 0.0338. The Labute approximate surface area is 123 Å². The van der Waals surface area contributed by atoms with Gasteiger partial charge in [0.2, 0.25) is 10.0 Å². The topological polar surface area (TPSA) is 89.5 Å². The van der Waals surface area contributed by atoms with Crippen molar-refractivity contribution in [2.45, 2.75) is 16.3 Å². The number of hydrogen-bond acceptors (Lipinski definition) is 5. The highest BCUT2D eigenvalue weighted by Crippen LogP contribution is 2.21. The third-order valence-electron chi connectivity index (χ3n) is 2.96. The molecule has 1 aromatic carbocycles. The van der Waals surface area contributed by atoms with Crippen molar-refractivity contribution in [1.82, 2.24) is 4.72 Å². The summed E-state index contributed by atoms with van der Waals surface area (Å²) in [5.41, 5.74) is 0. The maximum Gasteiger partial charge on any atom is 0.240 e. The summed E-state index contributed by atoms with van der Waals surface area (Å²) in [4.78, 5) is 0.0338. The third-order valence-corrected chi connectivity index (χ3v) is 6.84. The first kappa shape index (κ1) is 15.6. The number of nitrogens with one attached hydrogen (secondary N) is 1. The Hall–Kier alpha value is -0.830. The van der Waals surface area contributed by atoms with Gasteiger partial charge in [0.25, 0.3) is 0 Å². The molecule has 0 saturated carbocycles. The molecule has 0 spiro atoms. The number of rotatable bonds is 4. The lowest BCUT2D eigenvalue weighted by molar-refractivity contribution is 0.414. The summed E-state index contributed by atoms with van der Waals surface area (Å²) in [6, 6.07) is 4.98. The minimum atomic E-state index is -3.81. The van der Waals surface area contributed by atoms with Crippen molar-refractivity contribution in [1.29, 1.82) is 0 Å². The van der Waals surface area contributed by atoms with Gasteiger partial charge in [0, 0.05) is 0 Å². The molecule has 1 N–H and O–H groups in total. The molecule has 0 bridgehead atoms. The third kappa shape index (κ3) is 3.43. The first-order valence-electron chi connectivity index (χ1n) is 5.74. The van der Waals surface area contributed by atoms with Gasteiger partial charge in [-0.25, -0.2) is 21.6 Å². The number of sulfone groups is 1. The van der Waals surface area contributed by atoms with E-state index in [2.05, 4.69) is 4.72 Å². The van der Waals surface area contributed by atoms with E-state index < -0.39 is 31.3 Å². The first-order chi connectivity index (χ1) is 9.23. The summed E-state index contributed by atoms with van der Waals surface area (Å²) in [7, 11) is -5.62. The lowest BCUT2D eigenvalue weighted by atomic mass is 10.3. The Balaban J connectivity index is 2.19. The van der Waals surface area contributed by atoms with E-state index in [1.54, 1.807) is 0 Å². The van der Waals surface area contributed by atoms with Crippen LogP contribution in [0.4, 0.5) is 0 Å². The van der Waals surface area contributed by atoms with Crippen LogP contribution in [0.5, 0.6) is 5.75 Å². The fourth-order valence-corrected chi connectivity index (χ4v) is 5.94. The standard InChI is InChI=1S/C11H14ClNO5S2/c1-18-8-2-4-9(5-3-8)20(16,17)13-11-7-19(14,15)6-10(11)12/h2-5,10-11,13H,6-7H2,1H3. The molecular weight excluding hydrogens is 326 g/mol. The molecule has 2 unspecified atom stereocenters. The quantitative estimate of drug-likeness (QED) is 0.801. The Kier molecular flexibility index (Phi) is 4.29. The summed E-state index contributed by atoms with van der Waals surface area (Å²) >= 11 is 5.88. The van der Waals surface area contributed by atoms with E-state index in [0.717, 1.165) is 0 Å². The molecule has 1 heterocycles. The summed E-state index contributed by atoms with van der Waals surface area (Å²) in [5.74, 6) is 0.0311. The fourth-order valence-electron chi connectivity index (χ4n) is 1.93. The summed E-state index contributed by atoms with van der Waals surface area (Å²) < 4.78 is 54.4. The lowest BCUT2D eigenvalue weighted by Gasteiger charge is -2.14. The van der Waals surface area contributed by atoms with Gasteiger partial charge in [0.05, 0.1) is 34.9 Å². The van der Waals surface area contributed by atoms with Crippen molar-refractivity contribution in [2.24, 2.45) is 0 Å². The van der Waals surface area contributed by atoms with Gasteiger partial charge in [0.1, 0.15) is 5.75 Å². The molecule has 2 atom stereocenters. The van der Waals surface area contributed by atoms with Crippen molar-refractivity contribution in [3.8, 4) is 5.75 Å². The molecule has 20 heavy (non-hydrogen) atoms. The second-order valence-corrected chi connectivity index (χ2v) is 8.92. The number of halogens is 1. The van der Waals surface area contributed by atoms with Crippen molar-refractivity contribution in [2.75, 3.05) is 18.6 Å². The van der Waals surface area contributed by atoms with Gasteiger partial charge in [-0.15, -0.1) is 11.6 Å². The van der Waals surface area contributed by atoms with Crippen molar-refractivity contribution < 1.29 is 21.6 Å². The number of ether oxygens (including phenoxy) is 1. The normalized spacial score (nSPS) is 25.5. The summed E-state index contributed by atoms with van der Waals surface area (Å²) in [6.45, 7) is 0. The van der Waals surface area contributed by atoms with E-state index >= 15 is 0 Å². The number of methoxy groups -OCH3 is 1. The van der Waals surface area contributed by atoms with Crippen LogP contribution in [0.3, 0.4) is 0 Å². The molecule has 0 aromatic heterocycles. The van der Waals surface area contributed by atoms with E-state index in [-0.39, 0.29) is 16.4 Å². The largest absolute Gasteiger partial charge is 0.497 e. The zero-order chi connectivity index (χ0) is 15.0. The lowest BCUT2D eigenvalue weighted by Crippen LogP contribution is -2.40. The first-order valence-corrected chi connectivity index (χ1v) is 9.48. The number of sulfonamides is 1. The Morgan fingerprint density at radius 3 is 2.30 bits per heavy atom. The highest BCUT2D eigenvalue weighted by atomic mass is 35.5. The van der Waals surface area contributed by atoms with Crippen LogP contribution in [0.25, 0.3) is 0 Å². The average molecular weight is 340 g/mol. The highest BCUT2D eigenvalue weighted by Gasteiger charge is 2.38. The predicted octanol–water partition coefficient (Wildman–Crippen LogP) is 0.378. The molecule has 1 fully saturated rings. The van der Waals surface area contributed by atoms with Crippen molar-refractivity contribution in [3.63, 3.8) is 0 Å². The van der Waals surface area contributed by atoms with E-state index in [9.17, 15) is 16.8 Å². The van der Waals surface area contributed by atoms with Crippen LogP contribution in [0.2, 0.25) is 0 Å². The van der Waals surface area contributed by atoms with Crippen LogP contribution in [-0.4, -0.2) is 46.9 Å². The van der Waals surface area contributed by atoms with Gasteiger partial charge in [0.15, 0.2) is 9.84 Å². The van der Waals surface area contributed by atoms with Gasteiger partial charge in [-0.3, -0.25) is 0 Å². The molecule has 0 amide bonds. The molecule has 112 valence electrons. The fraction of sp³-hybridized carbons (Fsp3) is 0.455. The molecule has 9 heteroatoms. The minimum Gasteiger partial charge on any atom is -0.497 e. The Morgan fingerprint density at radius 1 is 1.25 bits per heavy atom. The summed E-state index contributed by atoms with van der Waals surface area (Å²) in [5, 5.41) is -0.756. The molecule has 6 nitrogen and oxygen atoms in total. The maximum atomic E-state index is 12.1. The second-order valence-electron chi connectivity index (χ2n) is 4.50. The average Bonchev–Trinajstić information content (AvgIpc) is 2.61. The highest BCUT2D eigenvalue weighted by molar-refractivity contribution is 7.92. The van der Waals surface area contributed by atoms with Crippen LogP contribution in [0, 0.1) is 0 Å². The van der Waals surface area contributed by atoms with Gasteiger partial charge >= 0.3 is 0 Å². The second kappa shape index (κ2) is 5.51. The molecule has 1 aliphatic heterocycles.